The number of aliphatic hydroxyl groups is 1. The quantitative estimate of drug-likeness (QED) is 0.232. The van der Waals surface area contributed by atoms with E-state index in [-0.39, 0.29) is 50.9 Å². The van der Waals surface area contributed by atoms with Gasteiger partial charge in [0.2, 0.25) is 6.10 Å². The Labute approximate surface area is 270 Å². The van der Waals surface area contributed by atoms with Crippen molar-refractivity contribution in [2.45, 2.75) is 102 Å². The molecule has 6 aliphatic rings. The molecule has 3 heterocycles. The van der Waals surface area contributed by atoms with E-state index in [4.69, 9.17) is 23.7 Å². The van der Waals surface area contributed by atoms with Crippen LogP contribution in [0.25, 0.3) is 0 Å². The highest BCUT2D eigenvalue weighted by Crippen LogP contribution is 2.72. The number of halogens is 2. The van der Waals surface area contributed by atoms with E-state index in [0.29, 0.717) is 11.1 Å². The van der Waals surface area contributed by atoms with E-state index in [1.54, 1.807) is 20.8 Å². The van der Waals surface area contributed by atoms with E-state index < -0.39 is 101 Å². The first-order chi connectivity index (χ1) is 22.0. The van der Waals surface area contributed by atoms with E-state index in [9.17, 15) is 37.9 Å². The number of nitrogens with one attached hydrogen (secondary N) is 1. The van der Waals surface area contributed by atoms with E-state index in [2.05, 4.69) is 5.32 Å². The number of alkyl halides is 2. The molecular formula is C33H41F2NO11. The Kier molecular flexibility index (Phi) is 8.19. The summed E-state index contributed by atoms with van der Waals surface area (Å²) in [6.07, 6.45) is -3.17. The molecular weight excluding hydrogens is 624 g/mol. The van der Waals surface area contributed by atoms with Gasteiger partial charge in [-0.05, 0) is 50.5 Å². The number of hydrogen-bond acceptors (Lipinski definition) is 12. The highest BCUT2D eigenvalue weighted by Gasteiger charge is 2.82. The minimum absolute atomic E-state index is 0.119. The molecule has 6 rings (SSSR count). The minimum atomic E-state index is -2.84. The molecule has 2 bridgehead atoms. The lowest BCUT2D eigenvalue weighted by Crippen LogP contribution is -2.75. The number of Topliss-reactive ketones (excluding diaryl/α,β-unsaturated/α-hetero) is 1. The average molecular weight is 666 g/mol. The van der Waals surface area contributed by atoms with Gasteiger partial charge in [-0.2, -0.15) is 0 Å². The molecule has 0 radical (unpaired) electrons. The number of methoxy groups -OCH3 is 1. The van der Waals surface area contributed by atoms with Crippen LogP contribution in [0.4, 0.5) is 8.78 Å². The first-order valence-electron chi connectivity index (χ1n) is 16.0. The second kappa shape index (κ2) is 11.4. The molecule has 2 N–H and O–H groups in total. The number of allylic oxidation sites excluding steroid dienone is 3. The highest BCUT2D eigenvalue weighted by atomic mass is 19.3. The van der Waals surface area contributed by atoms with Crippen molar-refractivity contribution in [3.8, 4) is 0 Å². The SMILES string of the molecule is COC(=O)[C@@]12C[C@H](O)C3[C@@]4(C)CC(=O)C(OC(=O)CC[C@@H]5CC(F)(F)CN5)=C(C)C4C[C@H]4OC(=O)[C@H](OC(=O)C=C(C)C)[C@@H]1[C@@]34CO2. The van der Waals surface area contributed by atoms with Crippen molar-refractivity contribution in [2.24, 2.45) is 28.6 Å². The number of fused-ring (bicyclic) bond motifs is 2. The Balaban J connectivity index is 1.34. The van der Waals surface area contributed by atoms with Gasteiger partial charge in [-0.1, -0.05) is 12.5 Å². The summed E-state index contributed by atoms with van der Waals surface area (Å²) in [5.74, 6) is -9.01. The molecule has 2 saturated carbocycles. The molecule has 12 nitrogen and oxygen atoms in total. The van der Waals surface area contributed by atoms with Gasteiger partial charge in [-0.15, -0.1) is 0 Å². The van der Waals surface area contributed by atoms with Crippen molar-refractivity contribution in [3.05, 3.63) is 23.0 Å². The summed E-state index contributed by atoms with van der Waals surface area (Å²) in [5, 5.41) is 14.6. The fourth-order valence-electron chi connectivity index (χ4n) is 9.88. The molecule has 258 valence electrons. The summed E-state index contributed by atoms with van der Waals surface area (Å²) in [4.78, 5) is 66.5. The second-order valence-corrected chi connectivity index (χ2v) is 14.6. The van der Waals surface area contributed by atoms with Gasteiger partial charge in [-0.25, -0.2) is 23.2 Å². The van der Waals surface area contributed by atoms with Gasteiger partial charge in [0.25, 0.3) is 5.92 Å². The van der Waals surface area contributed by atoms with Crippen molar-refractivity contribution < 1.29 is 61.5 Å². The van der Waals surface area contributed by atoms with Crippen LogP contribution in [0, 0.1) is 28.6 Å². The zero-order valence-electron chi connectivity index (χ0n) is 27.1. The predicted octanol–water partition coefficient (Wildman–Crippen LogP) is 2.31. The second-order valence-electron chi connectivity index (χ2n) is 14.6. The monoisotopic (exact) mass is 665 g/mol. The molecule has 3 aliphatic heterocycles. The van der Waals surface area contributed by atoms with Gasteiger partial charge in [0.05, 0.1) is 32.3 Å². The van der Waals surface area contributed by atoms with E-state index >= 15 is 0 Å². The number of carbonyl (C=O) groups excluding carboxylic acids is 5. The van der Waals surface area contributed by atoms with Crippen molar-refractivity contribution in [1.29, 1.82) is 0 Å². The van der Waals surface area contributed by atoms with Crippen LogP contribution in [0.15, 0.2) is 23.0 Å². The number of esters is 4. The van der Waals surface area contributed by atoms with E-state index in [0.717, 1.165) is 0 Å². The molecule has 5 fully saturated rings. The predicted molar refractivity (Wildman–Crippen MR) is 155 cm³/mol. The zero-order chi connectivity index (χ0) is 34.3. The molecule has 1 spiro atoms. The summed E-state index contributed by atoms with van der Waals surface area (Å²) in [5.41, 5.74) is -2.95. The van der Waals surface area contributed by atoms with Crippen molar-refractivity contribution >= 4 is 29.7 Å². The Hall–Kier alpha value is -3.23. The molecule has 47 heavy (non-hydrogen) atoms. The molecule has 0 aromatic carbocycles. The Morgan fingerprint density at radius 1 is 1.15 bits per heavy atom. The summed E-state index contributed by atoms with van der Waals surface area (Å²) >= 11 is 0. The molecule has 3 aliphatic carbocycles. The Bertz CT molecular complexity index is 1470. The molecule has 3 saturated heterocycles. The van der Waals surface area contributed by atoms with Gasteiger partial charge in [-0.3, -0.25) is 9.59 Å². The summed E-state index contributed by atoms with van der Waals surface area (Å²) in [6.45, 7) is 6.29. The lowest BCUT2D eigenvalue weighted by Gasteiger charge is -2.66. The topological polar surface area (TPSA) is 164 Å². The third kappa shape index (κ3) is 5.13. The van der Waals surface area contributed by atoms with E-state index in [1.807, 2.05) is 6.92 Å². The van der Waals surface area contributed by atoms with E-state index in [1.165, 1.54) is 13.2 Å². The Morgan fingerprint density at radius 3 is 2.51 bits per heavy atom. The van der Waals surface area contributed by atoms with Gasteiger partial charge >= 0.3 is 23.9 Å². The molecule has 14 heteroatoms. The maximum atomic E-state index is 13.8. The van der Waals surface area contributed by atoms with Gasteiger partial charge in [0.1, 0.15) is 6.10 Å². The normalized spacial score (nSPS) is 41.3. The van der Waals surface area contributed by atoms with Crippen LogP contribution in [0.5, 0.6) is 0 Å². The van der Waals surface area contributed by atoms with Crippen molar-refractivity contribution in [1.82, 2.24) is 5.32 Å². The maximum Gasteiger partial charge on any atom is 0.348 e. The fourth-order valence-corrected chi connectivity index (χ4v) is 9.88. The van der Waals surface area contributed by atoms with Crippen LogP contribution in [0.1, 0.15) is 66.2 Å². The lowest BCUT2D eigenvalue weighted by molar-refractivity contribution is -0.269. The number of rotatable bonds is 7. The Morgan fingerprint density at radius 2 is 1.87 bits per heavy atom. The first-order valence-corrected chi connectivity index (χ1v) is 16.0. The zero-order valence-corrected chi connectivity index (χ0v) is 27.1. The maximum absolute atomic E-state index is 13.8. The van der Waals surface area contributed by atoms with Crippen molar-refractivity contribution in [2.75, 3.05) is 20.3 Å². The summed E-state index contributed by atoms with van der Waals surface area (Å²) in [6, 6.07) is -0.551. The highest BCUT2D eigenvalue weighted by molar-refractivity contribution is 5.98. The molecule has 2 unspecified atom stereocenters. The smallest absolute Gasteiger partial charge is 0.348 e. The standard InChI is InChI=1S/C33H41F2NO11/c1-15(2)8-23(40)47-25-27-32-14-44-33(27,29(42)43-5)12-20(38)26(32)30(4)11-19(37)24(16(3)18(30)9-21(32)45-28(25)41)46-22(39)7-6-17-10-31(34,35)13-36-17/h8,17-18,20-21,25-27,36,38H,6-7,9-14H2,1-5H3/t17-,18?,20+,21-,25-,26?,27-,30+,32-,33-/m1/s1. The number of ether oxygens (including phenoxy) is 5. The third-order valence-corrected chi connectivity index (χ3v) is 11.4. The first kappa shape index (κ1) is 33.7. The lowest BCUT2D eigenvalue weighted by atomic mass is 9.38. The molecule has 0 amide bonds. The fraction of sp³-hybridized carbons (Fsp3) is 0.727. The molecule has 10 atom stereocenters. The molecule has 0 aromatic heterocycles. The van der Waals surface area contributed by atoms with Crippen molar-refractivity contribution in [3.63, 3.8) is 0 Å². The summed E-state index contributed by atoms with van der Waals surface area (Å²) in [7, 11) is 1.17. The van der Waals surface area contributed by atoms with Crippen LogP contribution < -0.4 is 5.32 Å². The van der Waals surface area contributed by atoms with Gasteiger partial charge in [0.15, 0.2) is 17.1 Å². The van der Waals surface area contributed by atoms with Gasteiger partial charge < -0.3 is 34.1 Å². The van der Waals surface area contributed by atoms with Crippen LogP contribution in [0.2, 0.25) is 0 Å². The van der Waals surface area contributed by atoms with Crippen LogP contribution in [-0.4, -0.2) is 90.9 Å². The average Bonchev–Trinajstić information content (AvgIpc) is 3.45. The number of hydrogen-bond donors (Lipinski definition) is 2. The summed E-state index contributed by atoms with van der Waals surface area (Å²) < 4.78 is 55.8. The van der Waals surface area contributed by atoms with Gasteiger partial charge in [0, 0.05) is 49.1 Å². The largest absolute Gasteiger partial charge is 0.467 e. The minimum Gasteiger partial charge on any atom is -0.467 e. The molecule has 0 aromatic rings. The number of ketones is 1. The number of aliphatic hydroxyl groups excluding tert-OH is 1. The van der Waals surface area contributed by atoms with Crippen LogP contribution in [-0.2, 0) is 47.7 Å². The number of carbonyl (C=O) groups is 5. The third-order valence-electron chi connectivity index (χ3n) is 11.4. The van der Waals surface area contributed by atoms with Crippen LogP contribution in [0.3, 0.4) is 0 Å². The van der Waals surface area contributed by atoms with Crippen LogP contribution >= 0.6 is 0 Å².